The monoisotopic (exact) mass is 350 g/mol. The van der Waals surface area contributed by atoms with Crippen LogP contribution in [-0.4, -0.2) is 31.2 Å². The van der Waals surface area contributed by atoms with Crippen LogP contribution in [0.4, 0.5) is 0 Å². The van der Waals surface area contributed by atoms with Gasteiger partial charge in [-0.15, -0.1) is 0 Å². The number of hydrogen-bond donors (Lipinski definition) is 2. The van der Waals surface area contributed by atoms with Gasteiger partial charge in [-0.1, -0.05) is 0 Å². The summed E-state index contributed by atoms with van der Waals surface area (Å²) in [5.41, 5.74) is -1.68. The lowest BCUT2D eigenvalue weighted by Crippen LogP contribution is -2.39. The molecule has 0 aromatic carbocycles. The minimum atomic E-state index is -0.858. The number of aromatic amines is 2. The van der Waals surface area contributed by atoms with Gasteiger partial charge in [-0.25, -0.2) is 9.59 Å². The van der Waals surface area contributed by atoms with E-state index in [9.17, 15) is 24.0 Å². The molecule has 0 aliphatic rings. The number of aryl methyl sites for hydroxylation is 2. The van der Waals surface area contributed by atoms with Crippen molar-refractivity contribution in [2.75, 3.05) is 0 Å². The Morgan fingerprint density at radius 3 is 1.72 bits per heavy atom. The average Bonchev–Trinajstić information content (AvgIpc) is 2.49. The fraction of sp³-hybridized carbons (Fsp3) is 0.400. The van der Waals surface area contributed by atoms with Crippen LogP contribution in [-0.2, 0) is 22.6 Å². The van der Waals surface area contributed by atoms with E-state index < -0.39 is 34.6 Å². The van der Waals surface area contributed by atoms with Gasteiger partial charge in [0.15, 0.2) is 0 Å². The molecule has 0 saturated heterocycles. The highest BCUT2D eigenvalue weighted by Gasteiger charge is 2.17. The van der Waals surface area contributed by atoms with Crippen LogP contribution in [0, 0.1) is 13.8 Å². The number of hydrogen-bond acceptors (Lipinski definition) is 6. The molecule has 2 N–H and O–H groups in total. The summed E-state index contributed by atoms with van der Waals surface area (Å²) in [6, 6.07) is 0. The van der Waals surface area contributed by atoms with E-state index in [2.05, 4.69) is 9.97 Å². The van der Waals surface area contributed by atoms with E-state index >= 15 is 0 Å². The molecule has 134 valence electrons. The lowest BCUT2D eigenvalue weighted by Gasteiger charge is -2.19. The minimum absolute atomic E-state index is 0.0688. The Morgan fingerprint density at radius 2 is 1.36 bits per heavy atom. The summed E-state index contributed by atoms with van der Waals surface area (Å²) in [6.45, 7) is 4.13. The molecule has 2 rings (SSSR count). The van der Waals surface area contributed by atoms with Gasteiger partial charge in [-0.3, -0.25) is 33.5 Å². The molecule has 0 aliphatic carbocycles. The van der Waals surface area contributed by atoms with Gasteiger partial charge in [0.25, 0.3) is 11.1 Å². The molecule has 0 spiro atoms. The molecule has 25 heavy (non-hydrogen) atoms. The van der Waals surface area contributed by atoms with Crippen LogP contribution in [0.1, 0.15) is 18.1 Å². The summed E-state index contributed by atoms with van der Waals surface area (Å²) < 4.78 is 7.54. The van der Waals surface area contributed by atoms with Crippen LogP contribution < -0.4 is 22.5 Å². The molecular weight excluding hydrogens is 332 g/mol. The fourth-order valence-corrected chi connectivity index (χ4v) is 2.31. The first-order chi connectivity index (χ1) is 11.7. The molecule has 0 atom stereocenters. The van der Waals surface area contributed by atoms with Crippen molar-refractivity contribution in [3.63, 3.8) is 0 Å². The first kappa shape index (κ1) is 18.2. The Balaban J connectivity index is 2.36. The molecule has 0 bridgehead atoms. The first-order valence-electron chi connectivity index (χ1n) is 7.45. The second-order valence-electron chi connectivity index (χ2n) is 5.68. The number of carbonyl (C=O) groups excluding carboxylic acids is 1. The fourth-order valence-electron chi connectivity index (χ4n) is 2.31. The number of carbonyl (C=O) groups is 1. The van der Waals surface area contributed by atoms with Gasteiger partial charge in [0.1, 0.15) is 6.10 Å². The third-order valence-electron chi connectivity index (χ3n) is 3.51. The smallest absolute Gasteiger partial charge is 0.328 e. The van der Waals surface area contributed by atoms with Crippen molar-refractivity contribution in [2.45, 2.75) is 40.0 Å². The van der Waals surface area contributed by atoms with E-state index in [-0.39, 0.29) is 13.1 Å². The van der Waals surface area contributed by atoms with Gasteiger partial charge < -0.3 is 4.74 Å². The molecule has 0 unspecified atom stereocenters. The van der Waals surface area contributed by atoms with E-state index in [0.29, 0.717) is 11.1 Å². The van der Waals surface area contributed by atoms with Gasteiger partial charge in [0.05, 0.1) is 13.1 Å². The molecule has 0 saturated carbocycles. The zero-order valence-corrected chi connectivity index (χ0v) is 14.0. The molecular formula is C15H18N4O6. The second-order valence-corrected chi connectivity index (χ2v) is 5.68. The molecule has 0 fully saturated rings. The largest absolute Gasteiger partial charge is 0.459 e. The van der Waals surface area contributed by atoms with Crippen LogP contribution in [0.2, 0.25) is 0 Å². The maximum absolute atomic E-state index is 11.9. The Kier molecular flexibility index (Phi) is 5.20. The molecule has 10 nitrogen and oxygen atoms in total. The summed E-state index contributed by atoms with van der Waals surface area (Å²) in [5.74, 6) is -0.589. The van der Waals surface area contributed by atoms with Gasteiger partial charge in [-0.05, 0) is 13.8 Å². The van der Waals surface area contributed by atoms with Crippen molar-refractivity contribution in [2.24, 2.45) is 0 Å². The summed E-state index contributed by atoms with van der Waals surface area (Å²) >= 11 is 0. The van der Waals surface area contributed by atoms with Gasteiger partial charge in [0.2, 0.25) is 0 Å². The molecule has 2 aromatic heterocycles. The maximum atomic E-state index is 11.9. The minimum Gasteiger partial charge on any atom is -0.459 e. The van der Waals surface area contributed by atoms with Gasteiger partial charge in [0, 0.05) is 30.4 Å². The van der Waals surface area contributed by atoms with Crippen molar-refractivity contribution in [1.82, 2.24) is 19.1 Å². The summed E-state index contributed by atoms with van der Waals surface area (Å²) in [5, 5.41) is 0. The van der Waals surface area contributed by atoms with Crippen molar-refractivity contribution in [1.29, 1.82) is 0 Å². The van der Waals surface area contributed by atoms with Crippen LogP contribution >= 0.6 is 0 Å². The lowest BCUT2D eigenvalue weighted by molar-refractivity contribution is -0.147. The molecule has 10 heteroatoms. The Labute approximate surface area is 140 Å². The number of ether oxygens (including phenoxy) is 1. The number of nitrogens with one attached hydrogen (secondary N) is 2. The van der Waals surface area contributed by atoms with E-state index in [1.807, 2.05) is 0 Å². The SMILES string of the molecule is CC(=O)OC(Cn1cc(C)c(=O)[nH]c1=O)Cn1cc(C)c(=O)[nH]c1=O. The molecule has 0 aliphatic heterocycles. The summed E-state index contributed by atoms with van der Waals surface area (Å²) in [7, 11) is 0. The van der Waals surface area contributed by atoms with Crippen LogP contribution in [0.5, 0.6) is 0 Å². The predicted molar refractivity (Wildman–Crippen MR) is 87.7 cm³/mol. The number of nitrogens with zero attached hydrogens (tertiary/aromatic N) is 2. The number of aromatic nitrogens is 4. The normalized spacial score (nSPS) is 10.9. The highest BCUT2D eigenvalue weighted by atomic mass is 16.5. The number of rotatable bonds is 5. The van der Waals surface area contributed by atoms with Crippen molar-refractivity contribution in [3.05, 3.63) is 65.2 Å². The van der Waals surface area contributed by atoms with Crippen molar-refractivity contribution >= 4 is 5.97 Å². The molecule has 2 aromatic rings. The Hall–Kier alpha value is -3.17. The quantitative estimate of drug-likeness (QED) is 0.639. The van der Waals surface area contributed by atoms with E-state index in [4.69, 9.17) is 4.74 Å². The number of esters is 1. The zero-order valence-electron chi connectivity index (χ0n) is 14.0. The van der Waals surface area contributed by atoms with E-state index in [0.717, 1.165) is 0 Å². The lowest BCUT2D eigenvalue weighted by atomic mass is 10.3. The summed E-state index contributed by atoms with van der Waals surface area (Å²) in [6.07, 6.45) is 1.83. The third kappa shape index (κ3) is 4.43. The topological polar surface area (TPSA) is 136 Å². The van der Waals surface area contributed by atoms with Gasteiger partial charge >= 0.3 is 17.3 Å². The van der Waals surface area contributed by atoms with Crippen molar-refractivity contribution < 1.29 is 9.53 Å². The average molecular weight is 350 g/mol. The standard InChI is InChI=1S/C15H18N4O6/c1-8-4-18(14(23)16-12(8)21)6-11(25-10(3)20)7-19-5-9(2)13(22)17-15(19)24/h4-5,11H,6-7H2,1-3H3,(H,16,21,23)(H,17,22,24). The first-order valence-corrected chi connectivity index (χ1v) is 7.45. The van der Waals surface area contributed by atoms with E-state index in [1.165, 1.54) is 42.3 Å². The molecule has 2 heterocycles. The van der Waals surface area contributed by atoms with Crippen molar-refractivity contribution in [3.8, 4) is 0 Å². The Morgan fingerprint density at radius 1 is 0.960 bits per heavy atom. The van der Waals surface area contributed by atoms with Crippen LogP contribution in [0.25, 0.3) is 0 Å². The van der Waals surface area contributed by atoms with Crippen LogP contribution in [0.3, 0.4) is 0 Å². The van der Waals surface area contributed by atoms with Crippen LogP contribution in [0.15, 0.2) is 31.6 Å². The third-order valence-corrected chi connectivity index (χ3v) is 3.51. The van der Waals surface area contributed by atoms with E-state index in [1.54, 1.807) is 0 Å². The summed E-state index contributed by atoms with van der Waals surface area (Å²) in [4.78, 5) is 62.3. The molecule has 0 amide bonds. The zero-order chi connectivity index (χ0) is 18.7. The predicted octanol–water partition coefficient (Wildman–Crippen LogP) is -1.36. The maximum Gasteiger partial charge on any atom is 0.328 e. The number of H-pyrrole nitrogens is 2. The Bertz CT molecular complexity index is 950. The highest BCUT2D eigenvalue weighted by Crippen LogP contribution is 2.01. The van der Waals surface area contributed by atoms with Gasteiger partial charge in [-0.2, -0.15) is 0 Å². The second kappa shape index (κ2) is 7.16. The highest BCUT2D eigenvalue weighted by molar-refractivity contribution is 5.66. The molecule has 0 radical (unpaired) electrons.